The van der Waals surface area contributed by atoms with Crippen LogP contribution in [-0.4, -0.2) is 22.5 Å². The average Bonchev–Trinajstić information content (AvgIpc) is 3.55. The van der Waals surface area contributed by atoms with Gasteiger partial charge in [-0.1, -0.05) is 29.3 Å². The number of anilines is 1. The topological polar surface area (TPSA) is 87.8 Å². The number of fused-ring (bicyclic) bond motifs is 1. The number of furan rings is 1. The number of carbonyl (C=O) groups is 1. The molecule has 1 N–H and O–H groups in total. The Morgan fingerprint density at radius 3 is 2.82 bits per heavy atom. The van der Waals surface area contributed by atoms with Gasteiger partial charge in [0, 0.05) is 12.3 Å². The van der Waals surface area contributed by atoms with Gasteiger partial charge < -0.3 is 23.9 Å². The molecule has 0 radical (unpaired) electrons. The summed E-state index contributed by atoms with van der Waals surface area (Å²) in [6, 6.07) is 14.0. The van der Waals surface area contributed by atoms with Crippen LogP contribution in [0.4, 0.5) is 5.69 Å². The van der Waals surface area contributed by atoms with Gasteiger partial charge in [0.25, 0.3) is 5.91 Å². The zero-order valence-corrected chi connectivity index (χ0v) is 18.6. The number of nitrogens with zero attached hydrogens (tertiary/aromatic N) is 2. The van der Waals surface area contributed by atoms with E-state index in [2.05, 4.69) is 10.4 Å². The highest BCUT2D eigenvalue weighted by Gasteiger charge is 2.15. The van der Waals surface area contributed by atoms with E-state index >= 15 is 0 Å². The normalized spacial score (nSPS) is 12.1. The lowest BCUT2D eigenvalue weighted by Gasteiger charge is -2.05. The van der Waals surface area contributed by atoms with Crippen molar-refractivity contribution in [2.24, 2.45) is 0 Å². The van der Waals surface area contributed by atoms with Crippen molar-refractivity contribution in [1.82, 2.24) is 9.78 Å². The molecule has 0 fully saturated rings. The van der Waals surface area contributed by atoms with E-state index in [1.807, 2.05) is 6.07 Å². The smallest absolute Gasteiger partial charge is 0.291 e. The molecule has 0 spiro atoms. The van der Waals surface area contributed by atoms with Crippen molar-refractivity contribution in [1.29, 1.82) is 0 Å². The second kappa shape index (κ2) is 9.09. The third-order valence-corrected chi connectivity index (χ3v) is 5.57. The highest BCUT2D eigenvalue weighted by Crippen LogP contribution is 2.35. The number of ether oxygens (including phenoxy) is 3. The fraction of sp³-hybridized carbons (Fsp3) is 0.130. The maximum atomic E-state index is 12.5. The Morgan fingerprint density at radius 1 is 1.06 bits per heavy atom. The third-order valence-electron chi connectivity index (χ3n) is 4.83. The maximum absolute atomic E-state index is 12.5. The molecule has 1 amide bonds. The van der Waals surface area contributed by atoms with Crippen molar-refractivity contribution >= 4 is 34.8 Å². The minimum atomic E-state index is -0.390. The Labute approximate surface area is 198 Å². The molecular weight excluding hydrogens is 469 g/mol. The molecule has 1 aliphatic heterocycles. The number of aromatic nitrogens is 2. The Hall–Kier alpha value is -3.62. The zero-order chi connectivity index (χ0) is 22.8. The molecule has 168 valence electrons. The van der Waals surface area contributed by atoms with Crippen molar-refractivity contribution in [2.75, 3.05) is 12.1 Å². The summed E-state index contributed by atoms with van der Waals surface area (Å²) in [4.78, 5) is 12.5. The second-order valence-corrected chi connectivity index (χ2v) is 8.01. The van der Waals surface area contributed by atoms with Crippen molar-refractivity contribution in [3.63, 3.8) is 0 Å². The molecule has 0 atom stereocenters. The summed E-state index contributed by atoms with van der Waals surface area (Å²) in [5.74, 6) is 2.20. The summed E-state index contributed by atoms with van der Waals surface area (Å²) < 4.78 is 23.6. The lowest BCUT2D eigenvalue weighted by atomic mass is 10.2. The summed E-state index contributed by atoms with van der Waals surface area (Å²) in [7, 11) is 0. The van der Waals surface area contributed by atoms with E-state index in [9.17, 15) is 4.79 Å². The van der Waals surface area contributed by atoms with Crippen molar-refractivity contribution in [3.05, 3.63) is 88.1 Å². The molecule has 33 heavy (non-hydrogen) atoms. The first-order valence-corrected chi connectivity index (χ1v) is 10.7. The highest BCUT2D eigenvalue weighted by molar-refractivity contribution is 6.42. The number of halogens is 2. The molecular formula is C23H17Cl2N3O5. The van der Waals surface area contributed by atoms with Crippen LogP contribution in [-0.2, 0) is 13.2 Å². The molecule has 1 aliphatic rings. The molecule has 2 aromatic heterocycles. The molecule has 4 aromatic rings. The summed E-state index contributed by atoms with van der Waals surface area (Å²) in [6.45, 7) is 0.840. The van der Waals surface area contributed by atoms with Gasteiger partial charge in [-0.05, 0) is 42.0 Å². The molecule has 5 rings (SSSR count). The minimum absolute atomic E-state index is 0.161. The van der Waals surface area contributed by atoms with E-state index in [0.717, 1.165) is 5.56 Å². The first kappa shape index (κ1) is 21.2. The molecule has 0 saturated heterocycles. The van der Waals surface area contributed by atoms with Crippen LogP contribution >= 0.6 is 23.2 Å². The fourth-order valence-electron chi connectivity index (χ4n) is 3.23. The number of rotatable bonds is 7. The predicted molar refractivity (Wildman–Crippen MR) is 121 cm³/mol. The van der Waals surface area contributed by atoms with Crippen LogP contribution in [0.25, 0.3) is 0 Å². The molecule has 0 bridgehead atoms. The van der Waals surface area contributed by atoms with Crippen LogP contribution in [0, 0.1) is 0 Å². The van der Waals surface area contributed by atoms with Gasteiger partial charge in [-0.15, -0.1) is 0 Å². The number of carbonyl (C=O) groups excluding carboxylic acids is 1. The largest absolute Gasteiger partial charge is 0.486 e. The second-order valence-electron chi connectivity index (χ2n) is 7.20. The van der Waals surface area contributed by atoms with Gasteiger partial charge in [-0.25, -0.2) is 0 Å². The number of hydrogen-bond acceptors (Lipinski definition) is 6. The van der Waals surface area contributed by atoms with Crippen LogP contribution in [0.1, 0.15) is 21.9 Å². The maximum Gasteiger partial charge on any atom is 0.291 e. The summed E-state index contributed by atoms with van der Waals surface area (Å²) >= 11 is 12.0. The Bertz CT molecular complexity index is 1320. The third kappa shape index (κ3) is 4.92. The number of benzene rings is 2. The quantitative estimate of drug-likeness (QED) is 0.377. The van der Waals surface area contributed by atoms with Crippen LogP contribution in [0.15, 0.2) is 65.3 Å². The first-order valence-electron chi connectivity index (χ1n) is 9.92. The van der Waals surface area contributed by atoms with Crippen molar-refractivity contribution in [3.8, 4) is 17.2 Å². The van der Waals surface area contributed by atoms with E-state index in [-0.39, 0.29) is 19.2 Å². The van der Waals surface area contributed by atoms with E-state index in [1.165, 1.54) is 0 Å². The fourth-order valence-corrected chi connectivity index (χ4v) is 3.55. The standard InChI is InChI=1S/C23H17Cl2N3O5/c24-18-4-1-14(7-19(18)25)10-28-11-15(9-26-28)27-23(29)21-6-3-17(33-21)12-30-16-2-5-20-22(8-16)32-13-31-20/h1-9,11H,10,12-13H2,(H,27,29). The molecule has 0 saturated carbocycles. The van der Waals surface area contributed by atoms with E-state index < -0.39 is 5.91 Å². The number of nitrogens with one attached hydrogen (secondary N) is 1. The lowest BCUT2D eigenvalue weighted by molar-refractivity contribution is 0.0992. The lowest BCUT2D eigenvalue weighted by Crippen LogP contribution is -2.10. The predicted octanol–water partition coefficient (Wildman–Crippen LogP) is 5.39. The SMILES string of the molecule is O=C(Nc1cnn(Cc2ccc(Cl)c(Cl)c2)c1)c1ccc(COc2ccc3c(c2)OCO3)o1. The van der Waals surface area contributed by atoms with Crippen LogP contribution in [0.2, 0.25) is 10.0 Å². The summed E-state index contributed by atoms with van der Waals surface area (Å²) in [6.07, 6.45) is 3.27. The molecule has 8 nitrogen and oxygen atoms in total. The Morgan fingerprint density at radius 2 is 1.94 bits per heavy atom. The molecule has 10 heteroatoms. The monoisotopic (exact) mass is 485 g/mol. The van der Waals surface area contributed by atoms with Crippen molar-refractivity contribution in [2.45, 2.75) is 13.2 Å². The molecule has 3 heterocycles. The first-order chi connectivity index (χ1) is 16.0. The highest BCUT2D eigenvalue weighted by atomic mass is 35.5. The van der Waals surface area contributed by atoms with Crippen LogP contribution < -0.4 is 19.5 Å². The van der Waals surface area contributed by atoms with Crippen LogP contribution in [0.5, 0.6) is 17.2 Å². The summed E-state index contributed by atoms with van der Waals surface area (Å²) in [5, 5.41) is 8.00. The van der Waals surface area contributed by atoms with Gasteiger partial charge in [-0.2, -0.15) is 5.10 Å². The molecule has 0 aliphatic carbocycles. The zero-order valence-electron chi connectivity index (χ0n) is 17.1. The van der Waals surface area contributed by atoms with Gasteiger partial charge in [-0.3, -0.25) is 9.48 Å². The molecule has 2 aromatic carbocycles. The van der Waals surface area contributed by atoms with Gasteiger partial charge in [0.15, 0.2) is 17.3 Å². The Kier molecular flexibility index (Phi) is 5.85. The van der Waals surface area contributed by atoms with Gasteiger partial charge in [0.2, 0.25) is 6.79 Å². The van der Waals surface area contributed by atoms with E-state index in [0.29, 0.717) is 45.3 Å². The van der Waals surface area contributed by atoms with Gasteiger partial charge in [0.1, 0.15) is 18.1 Å². The summed E-state index contributed by atoms with van der Waals surface area (Å²) in [5.41, 5.74) is 1.47. The number of hydrogen-bond donors (Lipinski definition) is 1. The van der Waals surface area contributed by atoms with Gasteiger partial charge in [0.05, 0.1) is 28.5 Å². The number of amides is 1. The Balaban J connectivity index is 1.17. The van der Waals surface area contributed by atoms with Crippen molar-refractivity contribution < 1.29 is 23.4 Å². The minimum Gasteiger partial charge on any atom is -0.486 e. The van der Waals surface area contributed by atoms with E-state index in [1.54, 1.807) is 59.5 Å². The van der Waals surface area contributed by atoms with Gasteiger partial charge >= 0.3 is 0 Å². The van der Waals surface area contributed by atoms with Crippen LogP contribution in [0.3, 0.4) is 0 Å². The van der Waals surface area contributed by atoms with E-state index in [4.69, 9.17) is 41.8 Å². The molecule has 0 unspecified atom stereocenters. The average molecular weight is 486 g/mol.